The van der Waals surface area contributed by atoms with Crippen LogP contribution < -0.4 is 16.0 Å². The summed E-state index contributed by atoms with van der Waals surface area (Å²) in [6.07, 6.45) is 0.303. The molecule has 0 aliphatic carbocycles. The van der Waals surface area contributed by atoms with Gasteiger partial charge in [0.1, 0.15) is 6.17 Å². The molecule has 5 nitrogen and oxygen atoms in total. The molecule has 0 radical (unpaired) electrons. The smallest absolute Gasteiger partial charge is 0.288 e. The number of furan rings is 1. The minimum absolute atomic E-state index is 0.0903. The summed E-state index contributed by atoms with van der Waals surface area (Å²) in [4.78, 5) is 12.1. The molecule has 0 spiro atoms. The molecule has 1 amide bonds. The normalized spacial score (nSPS) is 12.3. The predicted octanol–water partition coefficient (Wildman–Crippen LogP) is 4.30. The molecule has 0 aliphatic rings. The van der Waals surface area contributed by atoms with Gasteiger partial charge in [0, 0.05) is 3.57 Å². The number of alkyl halides is 3. The summed E-state index contributed by atoms with van der Waals surface area (Å²) in [6, 6.07) is 10.6. The number of nitrogens with one attached hydrogen (secondary N) is 3. The first kappa shape index (κ1) is 19.6. The predicted molar refractivity (Wildman–Crippen MR) is 109 cm³/mol. The maximum absolute atomic E-state index is 12.1. The van der Waals surface area contributed by atoms with Gasteiger partial charge in [-0.15, -0.1) is 0 Å². The second-order valence-corrected chi connectivity index (χ2v) is 8.44. The van der Waals surface area contributed by atoms with Crippen LogP contribution in [0.15, 0.2) is 47.1 Å². The molecule has 2 aromatic rings. The Kier molecular flexibility index (Phi) is 6.99. The molecule has 0 bridgehead atoms. The van der Waals surface area contributed by atoms with Gasteiger partial charge in [-0.25, -0.2) is 0 Å². The summed E-state index contributed by atoms with van der Waals surface area (Å²) >= 11 is 25.1. The Hall–Kier alpha value is -0.740. The lowest BCUT2D eigenvalue weighted by Crippen LogP contribution is -2.56. The summed E-state index contributed by atoms with van der Waals surface area (Å²) in [6.45, 7) is 0. The van der Waals surface area contributed by atoms with Gasteiger partial charge in [0.15, 0.2) is 10.9 Å². The Labute approximate surface area is 172 Å². The van der Waals surface area contributed by atoms with Crippen LogP contribution in [0.3, 0.4) is 0 Å². The lowest BCUT2D eigenvalue weighted by atomic mass is 10.3. The van der Waals surface area contributed by atoms with E-state index in [0.717, 1.165) is 9.26 Å². The Balaban J connectivity index is 2.05. The van der Waals surface area contributed by atoms with Crippen LogP contribution in [0.2, 0.25) is 0 Å². The van der Waals surface area contributed by atoms with Crippen LogP contribution in [0, 0.1) is 3.57 Å². The zero-order valence-corrected chi connectivity index (χ0v) is 17.1. The number of benzene rings is 1. The van der Waals surface area contributed by atoms with Gasteiger partial charge < -0.3 is 20.4 Å². The van der Waals surface area contributed by atoms with E-state index in [2.05, 4.69) is 38.5 Å². The van der Waals surface area contributed by atoms with Crippen molar-refractivity contribution < 1.29 is 9.21 Å². The monoisotopic (exact) mass is 517 g/mol. The standard InChI is InChI=1S/C14H11Cl3IN3O2S/c15-14(16,17)12(20-11(22)10-6-3-7-23-10)21-13(24)19-9-5-2-1-4-8(9)18/h1-7,12H,(H,20,22)(H2,19,21,24). The fourth-order valence-corrected chi connectivity index (χ4v) is 2.74. The number of amides is 1. The number of rotatable bonds is 4. The number of halogens is 4. The average Bonchev–Trinajstić information content (AvgIpc) is 3.02. The number of anilines is 1. The third-order valence-corrected chi connectivity index (χ3v) is 4.56. The lowest BCUT2D eigenvalue weighted by Gasteiger charge is -2.27. The van der Waals surface area contributed by atoms with Crippen LogP contribution in [0.1, 0.15) is 10.6 Å². The molecule has 1 heterocycles. The molecule has 1 unspecified atom stereocenters. The molecule has 10 heteroatoms. The van der Waals surface area contributed by atoms with Crippen molar-refractivity contribution in [3.8, 4) is 0 Å². The second kappa shape index (κ2) is 8.57. The Morgan fingerprint density at radius 3 is 2.46 bits per heavy atom. The van der Waals surface area contributed by atoms with Crippen molar-refractivity contribution in [2.75, 3.05) is 5.32 Å². The highest BCUT2D eigenvalue weighted by atomic mass is 127. The first-order valence-electron chi connectivity index (χ1n) is 6.50. The van der Waals surface area contributed by atoms with Gasteiger partial charge in [0.05, 0.1) is 12.0 Å². The zero-order chi connectivity index (χ0) is 17.7. The van der Waals surface area contributed by atoms with Gasteiger partial charge in [0.25, 0.3) is 5.91 Å². The molecule has 1 atom stereocenters. The maximum atomic E-state index is 12.1. The van der Waals surface area contributed by atoms with Gasteiger partial charge >= 0.3 is 0 Å². The van der Waals surface area contributed by atoms with E-state index < -0.39 is 15.9 Å². The van der Waals surface area contributed by atoms with E-state index in [-0.39, 0.29) is 10.9 Å². The zero-order valence-electron chi connectivity index (χ0n) is 11.9. The van der Waals surface area contributed by atoms with Crippen LogP contribution >= 0.6 is 69.6 Å². The molecule has 1 aromatic carbocycles. The number of carbonyl (C=O) groups excluding carboxylic acids is 1. The summed E-state index contributed by atoms with van der Waals surface area (Å²) in [5, 5.41) is 8.47. The number of hydrogen-bond acceptors (Lipinski definition) is 3. The van der Waals surface area contributed by atoms with Crippen LogP contribution in [0.25, 0.3) is 0 Å². The maximum Gasteiger partial charge on any atom is 0.288 e. The van der Waals surface area contributed by atoms with Crippen molar-refractivity contribution in [2.45, 2.75) is 9.96 Å². The Morgan fingerprint density at radius 1 is 1.17 bits per heavy atom. The van der Waals surface area contributed by atoms with Crippen molar-refractivity contribution in [3.05, 3.63) is 52.0 Å². The molecular weight excluding hydrogens is 508 g/mol. The highest BCUT2D eigenvalue weighted by Crippen LogP contribution is 2.29. The first-order chi connectivity index (χ1) is 11.3. The number of hydrogen-bond donors (Lipinski definition) is 3. The largest absolute Gasteiger partial charge is 0.459 e. The molecule has 128 valence electrons. The van der Waals surface area contributed by atoms with Gasteiger partial charge in [-0.1, -0.05) is 46.9 Å². The lowest BCUT2D eigenvalue weighted by molar-refractivity contribution is 0.0906. The van der Waals surface area contributed by atoms with E-state index in [1.54, 1.807) is 6.07 Å². The van der Waals surface area contributed by atoms with E-state index in [1.165, 1.54) is 12.3 Å². The van der Waals surface area contributed by atoms with Crippen LogP contribution in [0.5, 0.6) is 0 Å². The highest BCUT2D eigenvalue weighted by Gasteiger charge is 2.35. The van der Waals surface area contributed by atoms with Crippen LogP contribution in [0.4, 0.5) is 5.69 Å². The fraction of sp³-hybridized carbons (Fsp3) is 0.143. The molecule has 0 fully saturated rings. The van der Waals surface area contributed by atoms with Crippen molar-refractivity contribution in [1.82, 2.24) is 10.6 Å². The third kappa shape index (κ3) is 5.66. The van der Waals surface area contributed by atoms with Gasteiger partial charge in [0.2, 0.25) is 3.79 Å². The molecule has 1 aromatic heterocycles. The van der Waals surface area contributed by atoms with E-state index in [9.17, 15) is 4.79 Å². The molecule has 24 heavy (non-hydrogen) atoms. The fourth-order valence-electron chi connectivity index (χ4n) is 1.66. The van der Waals surface area contributed by atoms with Crippen molar-refractivity contribution in [2.24, 2.45) is 0 Å². The van der Waals surface area contributed by atoms with E-state index >= 15 is 0 Å². The summed E-state index contributed by atoms with van der Waals surface area (Å²) in [5.41, 5.74) is 0.788. The summed E-state index contributed by atoms with van der Waals surface area (Å²) < 4.78 is 4.13. The average molecular weight is 519 g/mol. The Morgan fingerprint density at radius 2 is 1.88 bits per heavy atom. The molecular formula is C14H11Cl3IN3O2S. The van der Waals surface area contributed by atoms with Crippen molar-refractivity contribution >= 4 is 86.3 Å². The van der Waals surface area contributed by atoms with Crippen molar-refractivity contribution in [1.29, 1.82) is 0 Å². The summed E-state index contributed by atoms with van der Waals surface area (Å²) in [5.74, 6) is -0.451. The third-order valence-electron chi connectivity index (χ3n) is 2.75. The van der Waals surface area contributed by atoms with Gasteiger partial charge in [-0.05, 0) is 59.1 Å². The first-order valence-corrected chi connectivity index (χ1v) is 9.12. The van der Waals surface area contributed by atoms with Gasteiger partial charge in [-0.2, -0.15) is 0 Å². The quantitative estimate of drug-likeness (QED) is 0.244. The molecule has 0 aliphatic heterocycles. The number of para-hydroxylation sites is 1. The molecule has 0 saturated heterocycles. The SMILES string of the molecule is O=C(NC(NC(=S)Nc1ccccc1I)C(Cl)(Cl)Cl)c1ccco1. The number of thiocarbonyl (C=S) groups is 1. The van der Waals surface area contributed by atoms with E-state index in [1.807, 2.05) is 24.3 Å². The van der Waals surface area contributed by atoms with Crippen LogP contribution in [-0.2, 0) is 0 Å². The van der Waals surface area contributed by atoms with E-state index in [0.29, 0.717) is 0 Å². The highest BCUT2D eigenvalue weighted by molar-refractivity contribution is 14.1. The minimum atomic E-state index is -1.84. The Bertz CT molecular complexity index is 722. The minimum Gasteiger partial charge on any atom is -0.459 e. The number of carbonyl (C=O) groups is 1. The molecule has 2 rings (SSSR count). The van der Waals surface area contributed by atoms with Crippen molar-refractivity contribution in [3.63, 3.8) is 0 Å². The second-order valence-electron chi connectivity index (χ2n) is 4.50. The van der Waals surface area contributed by atoms with E-state index in [4.69, 9.17) is 51.4 Å². The molecule has 3 N–H and O–H groups in total. The molecule has 0 saturated carbocycles. The van der Waals surface area contributed by atoms with Gasteiger partial charge in [-0.3, -0.25) is 4.79 Å². The topological polar surface area (TPSA) is 66.3 Å². The van der Waals surface area contributed by atoms with Crippen LogP contribution in [-0.4, -0.2) is 21.0 Å². The summed E-state index contributed by atoms with van der Waals surface area (Å²) in [7, 11) is 0.